The van der Waals surface area contributed by atoms with Crippen LogP contribution in [0.25, 0.3) is 10.9 Å². The molecular formula is C26H26FN5O. The van der Waals surface area contributed by atoms with Crippen molar-refractivity contribution < 1.29 is 9.18 Å². The van der Waals surface area contributed by atoms with Crippen molar-refractivity contribution in [3.8, 4) is 0 Å². The summed E-state index contributed by atoms with van der Waals surface area (Å²) in [5, 5.41) is 1.08. The van der Waals surface area contributed by atoms with E-state index >= 15 is 0 Å². The molecule has 7 heteroatoms. The molecule has 0 unspecified atom stereocenters. The maximum atomic E-state index is 13.3. The highest BCUT2D eigenvalue weighted by molar-refractivity contribution is 5.99. The Labute approximate surface area is 192 Å². The number of amides is 1. The predicted molar refractivity (Wildman–Crippen MR) is 127 cm³/mol. The smallest absolute Gasteiger partial charge is 0.253 e. The fraction of sp³-hybridized carbons (Fsp3) is 0.269. The fourth-order valence-corrected chi connectivity index (χ4v) is 4.51. The van der Waals surface area contributed by atoms with Crippen molar-refractivity contribution in [2.24, 2.45) is 0 Å². The molecule has 1 amide bonds. The minimum Gasteiger partial charge on any atom is -0.340 e. The third-order valence-corrected chi connectivity index (χ3v) is 6.54. The number of carbonyl (C=O) groups excluding carboxylic acids is 1. The number of piperazine rings is 1. The van der Waals surface area contributed by atoms with Gasteiger partial charge in [-0.2, -0.15) is 0 Å². The summed E-state index contributed by atoms with van der Waals surface area (Å²) >= 11 is 0. The topological polar surface area (TPSA) is 54.3 Å². The van der Waals surface area contributed by atoms with Crippen LogP contribution in [0.3, 0.4) is 0 Å². The van der Waals surface area contributed by atoms with Crippen LogP contribution in [-0.2, 0) is 6.54 Å². The summed E-state index contributed by atoms with van der Waals surface area (Å²) in [6.07, 6.45) is 3.48. The number of aromatic nitrogens is 3. The SMILES string of the molecule is Cc1c(C)n(Cc2ccc(F)cc2)c2ccc(C(=O)N3CCN(c4ncccn4)CC3)cc12. The lowest BCUT2D eigenvalue weighted by Crippen LogP contribution is -2.49. The van der Waals surface area contributed by atoms with E-state index in [1.807, 2.05) is 35.2 Å². The van der Waals surface area contributed by atoms with Crippen LogP contribution in [0.5, 0.6) is 0 Å². The molecule has 3 heterocycles. The lowest BCUT2D eigenvalue weighted by Gasteiger charge is -2.34. The first-order valence-electron chi connectivity index (χ1n) is 11.2. The molecule has 2 aromatic heterocycles. The maximum Gasteiger partial charge on any atom is 0.253 e. The number of aryl methyl sites for hydroxylation is 1. The van der Waals surface area contributed by atoms with Gasteiger partial charge >= 0.3 is 0 Å². The largest absolute Gasteiger partial charge is 0.340 e. The van der Waals surface area contributed by atoms with Crippen LogP contribution in [0, 0.1) is 19.7 Å². The van der Waals surface area contributed by atoms with Gasteiger partial charge in [-0.05, 0) is 61.4 Å². The van der Waals surface area contributed by atoms with Crippen molar-refractivity contribution in [3.63, 3.8) is 0 Å². The van der Waals surface area contributed by atoms with Crippen LogP contribution in [0.15, 0.2) is 60.9 Å². The maximum absolute atomic E-state index is 13.3. The molecule has 0 N–H and O–H groups in total. The van der Waals surface area contributed by atoms with Crippen molar-refractivity contribution >= 4 is 22.8 Å². The Hall–Kier alpha value is -3.74. The number of nitrogens with zero attached hydrogens (tertiary/aromatic N) is 5. The van der Waals surface area contributed by atoms with E-state index in [4.69, 9.17) is 0 Å². The average molecular weight is 444 g/mol. The first kappa shape index (κ1) is 21.1. The van der Waals surface area contributed by atoms with Gasteiger partial charge in [-0.15, -0.1) is 0 Å². The zero-order valence-corrected chi connectivity index (χ0v) is 18.8. The Kier molecular flexibility index (Phi) is 5.54. The molecule has 0 saturated carbocycles. The van der Waals surface area contributed by atoms with E-state index < -0.39 is 0 Å². The number of fused-ring (bicyclic) bond motifs is 1. The molecule has 33 heavy (non-hydrogen) atoms. The molecule has 0 radical (unpaired) electrons. The highest BCUT2D eigenvalue weighted by Crippen LogP contribution is 2.28. The van der Waals surface area contributed by atoms with E-state index in [-0.39, 0.29) is 11.7 Å². The zero-order chi connectivity index (χ0) is 22.9. The van der Waals surface area contributed by atoms with Gasteiger partial charge in [-0.3, -0.25) is 4.79 Å². The standard InChI is InChI=1S/C26H26FN5O/c1-18-19(2)32(17-20-4-7-22(27)8-5-20)24-9-6-21(16-23(18)24)25(33)30-12-14-31(15-13-30)26-28-10-3-11-29-26/h3-11,16H,12-15,17H2,1-2H3. The molecule has 1 fully saturated rings. The molecule has 2 aromatic carbocycles. The number of carbonyl (C=O) groups is 1. The monoisotopic (exact) mass is 443 g/mol. The van der Waals surface area contributed by atoms with Crippen LogP contribution in [-0.4, -0.2) is 51.5 Å². The number of hydrogen-bond acceptors (Lipinski definition) is 4. The highest BCUT2D eigenvalue weighted by Gasteiger charge is 2.24. The van der Waals surface area contributed by atoms with Gasteiger partial charge in [0.25, 0.3) is 5.91 Å². The van der Waals surface area contributed by atoms with Crippen LogP contribution in [0.2, 0.25) is 0 Å². The highest BCUT2D eigenvalue weighted by atomic mass is 19.1. The molecule has 5 rings (SSSR count). The first-order valence-corrected chi connectivity index (χ1v) is 11.2. The number of benzene rings is 2. The molecular weight excluding hydrogens is 417 g/mol. The number of halogens is 1. The van der Waals surface area contributed by atoms with Gasteiger partial charge in [-0.1, -0.05) is 12.1 Å². The van der Waals surface area contributed by atoms with Gasteiger partial charge in [-0.25, -0.2) is 14.4 Å². The van der Waals surface area contributed by atoms with Gasteiger partial charge in [0.05, 0.1) is 0 Å². The normalized spacial score (nSPS) is 14.2. The van der Waals surface area contributed by atoms with E-state index in [1.165, 1.54) is 12.1 Å². The number of rotatable bonds is 4. The van der Waals surface area contributed by atoms with E-state index in [2.05, 4.69) is 33.3 Å². The molecule has 168 valence electrons. The molecule has 1 saturated heterocycles. The molecule has 1 aliphatic heterocycles. The molecule has 0 aliphatic carbocycles. The molecule has 0 atom stereocenters. The van der Waals surface area contributed by atoms with Crippen molar-refractivity contribution in [2.75, 3.05) is 31.1 Å². The Morgan fingerprint density at radius 1 is 0.970 bits per heavy atom. The van der Waals surface area contributed by atoms with Crippen LogP contribution in [0.4, 0.5) is 10.3 Å². The second kappa shape index (κ2) is 8.65. The first-order chi connectivity index (χ1) is 16.0. The summed E-state index contributed by atoms with van der Waals surface area (Å²) in [6, 6.07) is 14.4. The molecule has 0 spiro atoms. The molecule has 4 aromatic rings. The average Bonchev–Trinajstić information content (AvgIpc) is 3.10. The van der Waals surface area contributed by atoms with Gasteiger partial charge < -0.3 is 14.4 Å². The molecule has 0 bridgehead atoms. The lowest BCUT2D eigenvalue weighted by molar-refractivity contribution is 0.0746. The summed E-state index contributed by atoms with van der Waals surface area (Å²) < 4.78 is 15.5. The summed E-state index contributed by atoms with van der Waals surface area (Å²) in [4.78, 5) is 25.9. The third kappa shape index (κ3) is 4.06. The van der Waals surface area contributed by atoms with Gasteiger partial charge in [0.15, 0.2) is 0 Å². The minimum atomic E-state index is -0.232. The van der Waals surface area contributed by atoms with Gasteiger partial charge in [0.2, 0.25) is 5.95 Å². The van der Waals surface area contributed by atoms with Crippen molar-refractivity contribution in [1.82, 2.24) is 19.4 Å². The van der Waals surface area contributed by atoms with E-state index in [1.54, 1.807) is 18.5 Å². The van der Waals surface area contributed by atoms with E-state index in [9.17, 15) is 9.18 Å². The number of hydrogen-bond donors (Lipinski definition) is 0. The quantitative estimate of drug-likeness (QED) is 0.475. The van der Waals surface area contributed by atoms with Gasteiger partial charge in [0, 0.05) is 67.3 Å². The molecule has 1 aliphatic rings. The Morgan fingerprint density at radius 2 is 1.67 bits per heavy atom. The second-order valence-corrected chi connectivity index (χ2v) is 8.48. The Bertz CT molecular complexity index is 1290. The Morgan fingerprint density at radius 3 is 2.36 bits per heavy atom. The fourth-order valence-electron chi connectivity index (χ4n) is 4.51. The zero-order valence-electron chi connectivity index (χ0n) is 18.8. The van der Waals surface area contributed by atoms with Crippen LogP contribution < -0.4 is 4.90 Å². The summed E-state index contributed by atoms with van der Waals surface area (Å²) in [6.45, 7) is 7.54. The second-order valence-electron chi connectivity index (χ2n) is 8.48. The minimum absolute atomic E-state index is 0.0499. The Balaban J connectivity index is 1.36. The van der Waals surface area contributed by atoms with Crippen molar-refractivity contribution in [3.05, 3.63) is 89.1 Å². The third-order valence-electron chi connectivity index (χ3n) is 6.54. The summed E-state index contributed by atoms with van der Waals surface area (Å²) in [5.74, 6) is 0.526. The lowest BCUT2D eigenvalue weighted by atomic mass is 10.1. The molecule has 6 nitrogen and oxygen atoms in total. The summed E-state index contributed by atoms with van der Waals surface area (Å²) in [7, 11) is 0. The van der Waals surface area contributed by atoms with E-state index in [0.717, 1.165) is 27.7 Å². The predicted octanol–water partition coefficient (Wildman–Crippen LogP) is 4.20. The number of anilines is 1. The summed E-state index contributed by atoms with van der Waals surface area (Å²) in [5.41, 5.74) is 5.13. The van der Waals surface area contributed by atoms with Crippen molar-refractivity contribution in [1.29, 1.82) is 0 Å². The van der Waals surface area contributed by atoms with E-state index in [0.29, 0.717) is 44.2 Å². The van der Waals surface area contributed by atoms with Crippen LogP contribution >= 0.6 is 0 Å². The van der Waals surface area contributed by atoms with Crippen molar-refractivity contribution in [2.45, 2.75) is 20.4 Å². The van der Waals surface area contributed by atoms with Crippen LogP contribution in [0.1, 0.15) is 27.2 Å². The van der Waals surface area contributed by atoms with Gasteiger partial charge in [0.1, 0.15) is 5.82 Å².